The number of fused-ring (bicyclic) bond motifs is 5. The Morgan fingerprint density at radius 2 is 1.30 bits per heavy atom. The summed E-state index contributed by atoms with van der Waals surface area (Å²) in [6, 6.07) is 45.5. The van der Waals surface area contributed by atoms with Crippen LogP contribution < -0.4 is 41.8 Å². The van der Waals surface area contributed by atoms with E-state index in [0.717, 1.165) is 70.6 Å². The van der Waals surface area contributed by atoms with Gasteiger partial charge in [0.15, 0.2) is 0 Å². The summed E-state index contributed by atoms with van der Waals surface area (Å²) in [7, 11) is 1.57. The zero-order valence-corrected chi connectivity index (χ0v) is 59.0. The van der Waals surface area contributed by atoms with Crippen molar-refractivity contribution in [3.05, 3.63) is 197 Å². The molecule has 8 N–H and O–H groups in total. The maximum absolute atomic E-state index is 14.8. The third-order valence-electron chi connectivity index (χ3n) is 22.4. The van der Waals surface area contributed by atoms with Crippen molar-refractivity contribution in [3.63, 3.8) is 0 Å². The molecular weight excluding hydrogens is 1240 g/mol. The van der Waals surface area contributed by atoms with E-state index in [9.17, 15) is 29.1 Å². The van der Waals surface area contributed by atoms with Crippen LogP contribution in [0.15, 0.2) is 169 Å². The lowest BCUT2D eigenvalue weighted by Gasteiger charge is -2.58. The average Bonchev–Trinajstić information content (AvgIpc) is 1.70. The predicted molar refractivity (Wildman–Crippen MR) is 390 cm³/mol. The molecule has 3 saturated carbocycles. The molecule has 16 heteroatoms. The zero-order valence-electron chi connectivity index (χ0n) is 59.0. The van der Waals surface area contributed by atoms with Crippen LogP contribution in [-0.4, -0.2) is 79.9 Å². The SMILES string of the molecule is COc1ccc(CC(NC(=O)CCC(=O)NCCCOC2CCC3(C)C(=CCC4C3CCC3(C)C(C(C)CCCC(C)C)CCC43)C2)C(=O)NC(CCCCNC(c2ccccc2)(c2ccccc2)c2ccc(O)cc2)C(=O)Nc2ccc(COC(=O)Oc3ccc(N)cc3)cc2)cc1. The Morgan fingerprint density at radius 1 is 0.636 bits per heavy atom. The molecule has 0 spiro atoms. The van der Waals surface area contributed by atoms with Crippen LogP contribution in [0.1, 0.15) is 172 Å². The number of carbonyl (C=O) groups is 5. The number of phenolic OH excluding ortho intramolecular Hbond substituents is 1. The van der Waals surface area contributed by atoms with Gasteiger partial charge in [0.2, 0.25) is 23.6 Å². The number of unbranched alkanes of at least 4 members (excludes halogenated alkanes) is 1. The van der Waals surface area contributed by atoms with E-state index in [-0.39, 0.29) is 61.2 Å². The minimum atomic E-state index is -1.13. The van der Waals surface area contributed by atoms with E-state index in [1.54, 1.807) is 85.5 Å². The van der Waals surface area contributed by atoms with Gasteiger partial charge in [-0.05, 0) is 218 Å². The Labute approximate surface area is 586 Å². The summed E-state index contributed by atoms with van der Waals surface area (Å²) in [6.45, 7) is 13.8. The second-order valence-corrected chi connectivity index (χ2v) is 29.3. The Bertz CT molecular complexity index is 3590. The van der Waals surface area contributed by atoms with E-state index in [1.807, 2.05) is 60.7 Å². The first-order valence-corrected chi connectivity index (χ1v) is 36.4. The van der Waals surface area contributed by atoms with Crippen molar-refractivity contribution in [1.29, 1.82) is 0 Å². The van der Waals surface area contributed by atoms with Crippen molar-refractivity contribution in [1.82, 2.24) is 21.3 Å². The molecule has 0 aliphatic heterocycles. The van der Waals surface area contributed by atoms with Crippen molar-refractivity contribution in [2.75, 3.05) is 37.9 Å². The van der Waals surface area contributed by atoms with Crippen LogP contribution in [0.4, 0.5) is 16.2 Å². The zero-order chi connectivity index (χ0) is 69.9. The number of aromatic hydroxyl groups is 1. The van der Waals surface area contributed by atoms with Gasteiger partial charge in [-0.15, -0.1) is 0 Å². The van der Waals surface area contributed by atoms with Crippen molar-refractivity contribution in [3.8, 4) is 17.2 Å². The van der Waals surface area contributed by atoms with Gasteiger partial charge in [0.05, 0.1) is 18.8 Å². The highest BCUT2D eigenvalue weighted by molar-refractivity contribution is 5.98. The standard InChI is InChI=1S/C83H106N6O10/c1-56(2)17-15-18-57(3)71-42-43-72-70-41-30-63-54-69(46-48-81(63,4)73(70)47-49-82(71,72)5)97-52-16-50-85-76(91)44-45-77(92)88-75(53-58-26-37-67(96-6)38-27-58)79(94)89-74(78(93)87-65-33-24-59(25-34-65)55-98-80(95)99-68-39-31-64(84)32-40-68)23-13-14-51-86-83(60-19-9-7-10-20-60,61-21-11-8-12-22-61)62-28-35-66(90)36-29-62/h7-12,19-22,24-40,56-57,69-75,86,90H,13-18,23,41-55,84H2,1-6H3,(H,85,91)(H,87,93)(H,88,92)(H,89,94). The largest absolute Gasteiger partial charge is 0.514 e. The van der Waals surface area contributed by atoms with Crippen LogP contribution in [0.5, 0.6) is 17.2 Å². The van der Waals surface area contributed by atoms with Gasteiger partial charge in [-0.25, -0.2) is 4.79 Å². The number of amides is 4. The topological polar surface area (TPSA) is 229 Å². The third kappa shape index (κ3) is 18.9. The first kappa shape index (κ1) is 73.3. The normalized spacial score (nSPS) is 21.8. The highest BCUT2D eigenvalue weighted by Crippen LogP contribution is 2.67. The Balaban J connectivity index is 0.742. The van der Waals surface area contributed by atoms with E-state index in [1.165, 1.54) is 57.8 Å². The summed E-state index contributed by atoms with van der Waals surface area (Å²) in [6.07, 6.45) is 17.7. The summed E-state index contributed by atoms with van der Waals surface area (Å²) in [5.74, 6) is 4.04. The van der Waals surface area contributed by atoms with E-state index < -0.39 is 41.5 Å². The lowest BCUT2D eigenvalue weighted by atomic mass is 9.47. The van der Waals surface area contributed by atoms with Crippen LogP contribution in [0.25, 0.3) is 0 Å². The second kappa shape index (κ2) is 34.5. The molecule has 10 atom stereocenters. The van der Waals surface area contributed by atoms with E-state index >= 15 is 0 Å². The Morgan fingerprint density at radius 3 is 1.99 bits per heavy atom. The Kier molecular flexibility index (Phi) is 25.6. The fourth-order valence-electron chi connectivity index (χ4n) is 17.0. The Hall–Kier alpha value is -8.47. The number of phenols is 1. The lowest BCUT2D eigenvalue weighted by Crippen LogP contribution is -2.53. The molecule has 4 aliphatic carbocycles. The number of methoxy groups -OCH3 is 1. The quantitative estimate of drug-likeness (QED) is 0.00510. The number of ether oxygens (including phenoxy) is 4. The van der Waals surface area contributed by atoms with E-state index in [4.69, 9.17) is 24.7 Å². The molecule has 99 heavy (non-hydrogen) atoms. The molecule has 0 saturated heterocycles. The maximum atomic E-state index is 14.8. The average molecular weight is 1350 g/mol. The van der Waals surface area contributed by atoms with Gasteiger partial charge in [0.1, 0.15) is 35.9 Å². The van der Waals surface area contributed by atoms with Crippen molar-refractivity contribution >= 4 is 41.2 Å². The second-order valence-electron chi connectivity index (χ2n) is 29.3. The third-order valence-corrected chi connectivity index (χ3v) is 22.4. The predicted octanol–water partition coefficient (Wildman–Crippen LogP) is 15.3. The van der Waals surface area contributed by atoms with Crippen LogP contribution in [0, 0.1) is 46.3 Å². The molecule has 6 aromatic rings. The molecule has 3 fully saturated rings. The summed E-state index contributed by atoms with van der Waals surface area (Å²) in [4.78, 5) is 69.1. The van der Waals surface area contributed by atoms with Crippen molar-refractivity contribution < 1.29 is 48.0 Å². The van der Waals surface area contributed by atoms with Crippen LogP contribution >= 0.6 is 0 Å². The molecule has 0 heterocycles. The number of anilines is 2. The molecule has 0 bridgehead atoms. The summed E-state index contributed by atoms with van der Waals surface area (Å²) < 4.78 is 22.6. The summed E-state index contributed by atoms with van der Waals surface area (Å²) in [5.41, 5.74) is 12.5. The van der Waals surface area contributed by atoms with Gasteiger partial charge in [-0.1, -0.05) is 163 Å². The van der Waals surface area contributed by atoms with Gasteiger partial charge >= 0.3 is 6.16 Å². The number of benzene rings is 6. The number of carbonyl (C=O) groups excluding carboxylic acids is 5. The molecule has 0 radical (unpaired) electrons. The van der Waals surface area contributed by atoms with Crippen LogP contribution in [-0.2, 0) is 47.2 Å². The fraction of sp³-hybridized carbons (Fsp3) is 0.482. The van der Waals surface area contributed by atoms with Crippen LogP contribution in [0.3, 0.4) is 0 Å². The van der Waals surface area contributed by atoms with Crippen molar-refractivity contribution in [2.24, 2.45) is 46.3 Å². The molecule has 10 rings (SSSR count). The molecule has 0 aromatic heterocycles. The van der Waals surface area contributed by atoms with Gasteiger partial charge in [0, 0.05) is 43.8 Å². The molecule has 4 amide bonds. The highest BCUT2D eigenvalue weighted by atomic mass is 16.7. The lowest BCUT2D eigenvalue weighted by molar-refractivity contribution is -0.131. The van der Waals surface area contributed by atoms with Gasteiger partial charge in [-0.2, -0.15) is 0 Å². The molecule has 10 unspecified atom stereocenters. The monoisotopic (exact) mass is 1350 g/mol. The number of nitrogen functional groups attached to an aromatic ring is 1. The van der Waals surface area contributed by atoms with Gasteiger partial charge in [0.25, 0.3) is 0 Å². The van der Waals surface area contributed by atoms with Crippen molar-refractivity contribution in [2.45, 2.75) is 181 Å². The molecule has 4 aliphatic rings. The van der Waals surface area contributed by atoms with Gasteiger partial charge < -0.3 is 51.1 Å². The minimum absolute atomic E-state index is 0.0820. The van der Waals surface area contributed by atoms with E-state index in [2.05, 4.69) is 91.5 Å². The first-order valence-electron chi connectivity index (χ1n) is 36.4. The molecule has 6 aromatic carbocycles. The number of rotatable bonds is 33. The smallest absolute Gasteiger partial charge is 0.508 e. The molecule has 16 nitrogen and oxygen atoms in total. The highest BCUT2D eigenvalue weighted by Gasteiger charge is 2.59. The number of hydrogen-bond donors (Lipinski definition) is 7. The number of allylic oxidation sites excluding steroid dienone is 1. The summed E-state index contributed by atoms with van der Waals surface area (Å²) in [5, 5.41) is 26.1. The maximum Gasteiger partial charge on any atom is 0.514 e. The molecule has 528 valence electrons. The van der Waals surface area contributed by atoms with E-state index in [0.29, 0.717) is 67.1 Å². The minimum Gasteiger partial charge on any atom is -0.508 e. The molecular formula is C83H106N6O10. The van der Waals surface area contributed by atoms with Crippen LogP contribution in [0.2, 0.25) is 0 Å². The first-order chi connectivity index (χ1) is 47.8. The number of nitrogens with two attached hydrogens (primary N) is 1. The number of hydrogen-bond acceptors (Lipinski definition) is 12. The summed E-state index contributed by atoms with van der Waals surface area (Å²) >= 11 is 0. The number of nitrogens with one attached hydrogen (secondary N) is 5. The van der Waals surface area contributed by atoms with Gasteiger partial charge in [-0.3, -0.25) is 24.5 Å². The fourth-order valence-corrected chi connectivity index (χ4v) is 17.0.